The molecule has 3 nitrogen and oxygen atoms in total. The molecule has 0 aliphatic carbocycles. The van der Waals surface area contributed by atoms with Gasteiger partial charge in [-0.2, -0.15) is 0 Å². The van der Waals surface area contributed by atoms with E-state index in [1.165, 1.54) is 0 Å². The van der Waals surface area contributed by atoms with Crippen molar-refractivity contribution in [2.75, 3.05) is 18.9 Å². The first-order chi connectivity index (χ1) is 8.46. The van der Waals surface area contributed by atoms with E-state index in [4.69, 9.17) is 0 Å². The predicted molar refractivity (Wildman–Crippen MR) is 79.7 cm³/mol. The topological polar surface area (TPSA) is 37.4 Å². The number of unbranched alkanes of at least 4 members (excludes halogenated alkanes) is 1. The lowest BCUT2D eigenvalue weighted by Crippen LogP contribution is -2.40. The van der Waals surface area contributed by atoms with Gasteiger partial charge in [-0.3, -0.25) is 4.79 Å². The highest BCUT2D eigenvalue weighted by atomic mass is 31.2. The van der Waals surface area contributed by atoms with Crippen molar-refractivity contribution in [3.05, 3.63) is 0 Å². The Kier molecular flexibility index (Phi) is 8.60. The molecule has 0 rings (SSSR count). The van der Waals surface area contributed by atoms with Crippen molar-refractivity contribution < 1.29 is 9.36 Å². The van der Waals surface area contributed by atoms with E-state index in [1.807, 2.05) is 18.7 Å². The second-order valence-corrected chi connectivity index (χ2v) is 8.69. The van der Waals surface area contributed by atoms with Crippen LogP contribution >= 0.6 is 7.14 Å². The van der Waals surface area contributed by atoms with E-state index in [1.54, 1.807) is 6.92 Å². The van der Waals surface area contributed by atoms with Gasteiger partial charge in [0.1, 0.15) is 7.14 Å². The smallest absolute Gasteiger partial charge is 0.220 e. The number of nitrogens with zero attached hydrogens (tertiary/aromatic N) is 1. The van der Waals surface area contributed by atoms with Crippen LogP contribution in [0.4, 0.5) is 0 Å². The molecule has 1 atom stereocenters. The fourth-order valence-corrected chi connectivity index (χ4v) is 5.20. The summed E-state index contributed by atoms with van der Waals surface area (Å²) in [5.74, 6) is 0.0329. The lowest BCUT2D eigenvalue weighted by Gasteiger charge is -2.36. The average Bonchev–Trinajstić information content (AvgIpc) is 2.36. The van der Waals surface area contributed by atoms with Gasteiger partial charge in [0.15, 0.2) is 0 Å². The van der Waals surface area contributed by atoms with Gasteiger partial charge >= 0.3 is 0 Å². The minimum absolute atomic E-state index is 0.0402. The van der Waals surface area contributed by atoms with E-state index < -0.39 is 7.14 Å². The fraction of sp³-hybridized carbons (Fsp3) is 0.929. The van der Waals surface area contributed by atoms with Crippen molar-refractivity contribution in [3.8, 4) is 0 Å². The Morgan fingerprint density at radius 3 is 2.00 bits per heavy atom. The largest absolute Gasteiger partial charge is 0.333 e. The number of carbonyl (C=O) groups excluding carboxylic acids is 1. The van der Waals surface area contributed by atoms with Crippen molar-refractivity contribution in [2.45, 2.75) is 66.1 Å². The Hall–Kier alpha value is -0.300. The summed E-state index contributed by atoms with van der Waals surface area (Å²) in [6.07, 6.45) is 5.29. The van der Waals surface area contributed by atoms with E-state index in [9.17, 15) is 9.36 Å². The minimum atomic E-state index is -2.25. The van der Waals surface area contributed by atoms with Gasteiger partial charge in [0.25, 0.3) is 0 Å². The maximum absolute atomic E-state index is 13.0. The summed E-state index contributed by atoms with van der Waals surface area (Å²) < 4.78 is 13.0. The van der Waals surface area contributed by atoms with Crippen LogP contribution in [0, 0.1) is 0 Å². The molecule has 1 unspecified atom stereocenters. The molecular weight excluding hydrogens is 245 g/mol. The summed E-state index contributed by atoms with van der Waals surface area (Å²) in [6, 6.07) is 0. The van der Waals surface area contributed by atoms with Crippen LogP contribution in [0.5, 0.6) is 0 Å². The summed E-state index contributed by atoms with van der Waals surface area (Å²) in [5, 5.41) is 0. The van der Waals surface area contributed by atoms with Gasteiger partial charge < -0.3 is 9.46 Å². The van der Waals surface area contributed by atoms with Crippen LogP contribution in [0.2, 0.25) is 0 Å². The highest BCUT2D eigenvalue weighted by Gasteiger charge is 2.34. The van der Waals surface area contributed by atoms with Crippen molar-refractivity contribution in [3.63, 3.8) is 0 Å². The molecule has 0 N–H and O–H groups in total. The molecule has 0 aliphatic heterocycles. The highest BCUT2D eigenvalue weighted by Crippen LogP contribution is 2.53. The minimum Gasteiger partial charge on any atom is -0.333 e. The van der Waals surface area contributed by atoms with Crippen LogP contribution in [-0.4, -0.2) is 35.5 Å². The van der Waals surface area contributed by atoms with Gasteiger partial charge in [0.05, 0.1) is 5.78 Å². The Bertz CT molecular complexity index is 284. The Morgan fingerprint density at radius 1 is 1.11 bits per heavy atom. The van der Waals surface area contributed by atoms with Crippen LogP contribution < -0.4 is 0 Å². The molecule has 0 aromatic rings. The summed E-state index contributed by atoms with van der Waals surface area (Å²) in [6.45, 7) is 10.6. The van der Waals surface area contributed by atoms with E-state index >= 15 is 0 Å². The Balaban J connectivity index is 5.13. The number of carbonyl (C=O) groups is 1. The molecule has 4 heteroatoms. The van der Waals surface area contributed by atoms with Gasteiger partial charge in [-0.05, 0) is 12.8 Å². The van der Waals surface area contributed by atoms with E-state index in [-0.39, 0.29) is 11.7 Å². The zero-order valence-electron chi connectivity index (χ0n) is 12.7. The van der Waals surface area contributed by atoms with E-state index in [2.05, 4.69) is 13.8 Å². The molecule has 0 bridgehead atoms. The third-order valence-electron chi connectivity index (χ3n) is 3.68. The van der Waals surface area contributed by atoms with Crippen LogP contribution in [0.1, 0.15) is 60.3 Å². The molecule has 0 spiro atoms. The molecule has 0 saturated carbocycles. The monoisotopic (exact) mass is 275 g/mol. The number of rotatable bonds is 9. The molecule has 0 aliphatic rings. The number of hydrogen-bond donors (Lipinski definition) is 0. The maximum Gasteiger partial charge on any atom is 0.220 e. The zero-order chi connectivity index (χ0) is 14.2. The van der Waals surface area contributed by atoms with Crippen molar-refractivity contribution in [1.82, 2.24) is 4.90 Å². The third-order valence-corrected chi connectivity index (χ3v) is 7.44. The fourth-order valence-electron chi connectivity index (χ4n) is 2.39. The standard InChI is InChI=1S/C14H30NO2P/c1-6-10-12-15(13(5)16)14(11-7-2)18(17,8-3)9-4/h14H,6-12H2,1-5H3. The van der Waals surface area contributed by atoms with Gasteiger partial charge in [-0.1, -0.05) is 40.5 Å². The second kappa shape index (κ2) is 8.74. The quantitative estimate of drug-likeness (QED) is 0.592. The SMILES string of the molecule is CCCCN(C(C)=O)C(CCC)P(=O)(CC)CC. The normalized spacial score (nSPS) is 13.4. The van der Waals surface area contributed by atoms with Crippen LogP contribution in [-0.2, 0) is 9.36 Å². The van der Waals surface area contributed by atoms with Gasteiger partial charge in [-0.25, -0.2) is 0 Å². The number of hydrogen-bond acceptors (Lipinski definition) is 2. The molecule has 0 radical (unpaired) electrons. The molecular formula is C14H30NO2P. The predicted octanol–water partition coefficient (Wildman–Crippen LogP) is 4.16. The molecule has 1 amide bonds. The molecule has 0 heterocycles. The first kappa shape index (κ1) is 17.7. The van der Waals surface area contributed by atoms with E-state index in [0.29, 0.717) is 12.3 Å². The summed E-state index contributed by atoms with van der Waals surface area (Å²) >= 11 is 0. The Morgan fingerprint density at radius 2 is 1.67 bits per heavy atom. The van der Waals surface area contributed by atoms with Crippen molar-refractivity contribution >= 4 is 13.0 Å². The van der Waals surface area contributed by atoms with Gasteiger partial charge in [-0.15, -0.1) is 0 Å². The highest BCUT2D eigenvalue weighted by molar-refractivity contribution is 7.64. The molecule has 0 aromatic heterocycles. The summed E-state index contributed by atoms with van der Waals surface area (Å²) in [7, 11) is -2.25. The van der Waals surface area contributed by atoms with E-state index in [0.717, 1.165) is 32.2 Å². The van der Waals surface area contributed by atoms with Crippen LogP contribution in [0.25, 0.3) is 0 Å². The van der Waals surface area contributed by atoms with Gasteiger partial charge in [0, 0.05) is 25.8 Å². The van der Waals surface area contributed by atoms with Crippen LogP contribution in [0.3, 0.4) is 0 Å². The summed E-state index contributed by atoms with van der Waals surface area (Å²) in [4.78, 5) is 13.7. The lowest BCUT2D eigenvalue weighted by molar-refractivity contribution is -0.129. The zero-order valence-corrected chi connectivity index (χ0v) is 13.6. The van der Waals surface area contributed by atoms with Crippen molar-refractivity contribution in [2.24, 2.45) is 0 Å². The molecule has 18 heavy (non-hydrogen) atoms. The third kappa shape index (κ3) is 4.76. The first-order valence-corrected chi connectivity index (χ1v) is 9.46. The van der Waals surface area contributed by atoms with Crippen molar-refractivity contribution in [1.29, 1.82) is 0 Å². The molecule has 0 saturated heterocycles. The molecule has 0 aromatic carbocycles. The second-order valence-electron chi connectivity index (χ2n) is 4.92. The first-order valence-electron chi connectivity index (χ1n) is 7.31. The maximum atomic E-state index is 13.0. The number of amides is 1. The Labute approximate surface area is 113 Å². The molecule has 108 valence electrons. The van der Waals surface area contributed by atoms with Crippen LogP contribution in [0.15, 0.2) is 0 Å². The van der Waals surface area contributed by atoms with Gasteiger partial charge in [0.2, 0.25) is 5.91 Å². The average molecular weight is 275 g/mol. The lowest BCUT2D eigenvalue weighted by atomic mass is 10.2. The summed E-state index contributed by atoms with van der Waals surface area (Å²) in [5.41, 5.74) is 0. The molecule has 0 fully saturated rings.